The van der Waals surface area contributed by atoms with Gasteiger partial charge in [0.2, 0.25) is 0 Å². The smallest absolute Gasteiger partial charge is 0.350 e. The molecule has 2 aromatic heterocycles. The van der Waals surface area contributed by atoms with Gasteiger partial charge < -0.3 is 39.4 Å². The number of pyridine rings is 1. The van der Waals surface area contributed by atoms with Gasteiger partial charge in [0.25, 0.3) is 0 Å². The lowest BCUT2D eigenvalue weighted by Gasteiger charge is -2.54. The predicted molar refractivity (Wildman–Crippen MR) is 121 cm³/mol. The van der Waals surface area contributed by atoms with Crippen molar-refractivity contribution in [1.29, 1.82) is 5.26 Å². The van der Waals surface area contributed by atoms with Crippen LogP contribution in [-0.2, 0) is 14.0 Å². The number of halogens is 1. The zero-order chi connectivity index (χ0) is 24.3. The van der Waals surface area contributed by atoms with Crippen LogP contribution in [0.5, 0.6) is 0 Å². The quantitative estimate of drug-likeness (QED) is 0.273. The van der Waals surface area contributed by atoms with E-state index in [1.807, 2.05) is 0 Å². The summed E-state index contributed by atoms with van der Waals surface area (Å²) in [7, 11) is -4.37. The first-order valence-corrected chi connectivity index (χ1v) is 13.3. The molecule has 0 unspecified atom stereocenters. The molecule has 2 saturated carbocycles. The van der Waals surface area contributed by atoms with Gasteiger partial charge in [0.05, 0.1) is 12.3 Å². The second-order valence-electron chi connectivity index (χ2n) is 9.54. The fraction of sp³-hybridized carbons (Fsp3) is 0.619. The fourth-order valence-corrected chi connectivity index (χ4v) is 5.92. The zero-order valence-corrected chi connectivity index (χ0v) is 19.8. The van der Waals surface area contributed by atoms with Gasteiger partial charge in [0.1, 0.15) is 41.9 Å². The number of fused-ring (bicyclic) bond motifs is 1. The Morgan fingerprint density at radius 3 is 2.71 bits per heavy atom. The number of hydrogen-bond acceptors (Lipinski definition) is 8. The molecule has 4 atom stereocenters. The van der Waals surface area contributed by atoms with Gasteiger partial charge in [-0.25, -0.2) is 4.98 Å². The Labute approximate surface area is 200 Å². The first-order valence-electron chi connectivity index (χ1n) is 11.1. The third kappa shape index (κ3) is 4.23. The topological polar surface area (TPSA) is 170 Å². The lowest BCUT2D eigenvalue weighted by molar-refractivity contribution is -0.0610. The Morgan fingerprint density at radius 2 is 2.09 bits per heavy atom. The van der Waals surface area contributed by atoms with Gasteiger partial charge in [0, 0.05) is 17.6 Å². The third-order valence-corrected chi connectivity index (χ3v) is 8.00. The molecule has 0 amide bonds. The Kier molecular flexibility index (Phi) is 6.16. The Hall–Kier alpha value is -1.74. The largest absolute Gasteiger partial charge is 0.387 e. The fourth-order valence-electron chi connectivity index (χ4n) is 5.36. The maximum absolute atomic E-state index is 11.0. The Bertz CT molecular complexity index is 1180. The SMILES string of the molecule is N#Cc1c(Cl)nc2c(ccn2[C@@H]2O[C@H](COCP(=O)(O)O)[C@@H](O)[C@H]2O)c1NC1CC2(CCC2)C1. The molecule has 0 bridgehead atoms. The number of aromatic nitrogens is 2. The lowest BCUT2D eigenvalue weighted by atomic mass is 9.54. The number of nitriles is 1. The van der Waals surface area contributed by atoms with Crippen LogP contribution in [0.2, 0.25) is 5.15 Å². The van der Waals surface area contributed by atoms with Crippen molar-refractivity contribution in [3.8, 4) is 6.07 Å². The van der Waals surface area contributed by atoms with Gasteiger partial charge in [-0.05, 0) is 37.2 Å². The number of aliphatic hydroxyl groups excluding tert-OH is 2. The van der Waals surface area contributed by atoms with Crippen molar-refractivity contribution in [3.05, 3.63) is 23.0 Å². The van der Waals surface area contributed by atoms with Crippen LogP contribution in [0.25, 0.3) is 11.0 Å². The highest BCUT2D eigenvalue weighted by atomic mass is 35.5. The number of rotatable bonds is 7. The zero-order valence-electron chi connectivity index (χ0n) is 18.2. The molecule has 1 aliphatic heterocycles. The van der Waals surface area contributed by atoms with Crippen molar-refractivity contribution in [2.24, 2.45) is 5.41 Å². The van der Waals surface area contributed by atoms with E-state index in [2.05, 4.69) is 16.4 Å². The third-order valence-electron chi connectivity index (χ3n) is 7.20. The van der Waals surface area contributed by atoms with Gasteiger partial charge in [-0.3, -0.25) is 4.57 Å². The normalized spacial score (nSPS) is 28.6. The highest BCUT2D eigenvalue weighted by Crippen LogP contribution is 2.56. The molecular formula is C21H26ClN4O7P. The molecule has 3 aliphatic rings. The van der Waals surface area contributed by atoms with Crippen LogP contribution in [-0.4, -0.2) is 66.9 Å². The van der Waals surface area contributed by atoms with E-state index < -0.39 is 38.5 Å². The van der Waals surface area contributed by atoms with E-state index in [-0.39, 0.29) is 23.4 Å². The van der Waals surface area contributed by atoms with Crippen LogP contribution < -0.4 is 5.32 Å². The van der Waals surface area contributed by atoms with Crippen LogP contribution in [0.15, 0.2) is 12.3 Å². The van der Waals surface area contributed by atoms with Crippen molar-refractivity contribution >= 4 is 35.9 Å². The first kappa shape index (κ1) is 24.0. The summed E-state index contributed by atoms with van der Waals surface area (Å²) in [5.41, 5.74) is 1.65. The summed E-state index contributed by atoms with van der Waals surface area (Å²) in [6.45, 7) is -0.317. The lowest BCUT2D eigenvalue weighted by Crippen LogP contribution is -2.49. The van der Waals surface area contributed by atoms with Gasteiger partial charge in [-0.2, -0.15) is 5.26 Å². The Morgan fingerprint density at radius 1 is 1.35 bits per heavy atom. The van der Waals surface area contributed by atoms with Crippen molar-refractivity contribution < 1.29 is 34.0 Å². The van der Waals surface area contributed by atoms with Gasteiger partial charge in [0.15, 0.2) is 11.4 Å². The summed E-state index contributed by atoms with van der Waals surface area (Å²) in [5.74, 6) is 0. The average molecular weight is 513 g/mol. The molecule has 1 spiro atoms. The van der Waals surface area contributed by atoms with Crippen LogP contribution in [0, 0.1) is 16.7 Å². The summed E-state index contributed by atoms with van der Waals surface area (Å²) in [6, 6.07) is 4.12. The van der Waals surface area contributed by atoms with E-state index in [1.54, 1.807) is 12.3 Å². The van der Waals surface area contributed by atoms with Crippen molar-refractivity contribution in [2.75, 3.05) is 18.3 Å². The monoisotopic (exact) mass is 512 g/mol. The summed E-state index contributed by atoms with van der Waals surface area (Å²) in [4.78, 5) is 22.2. The summed E-state index contributed by atoms with van der Waals surface area (Å²) in [6.07, 6.45) is 1.93. The number of nitrogens with zero attached hydrogens (tertiary/aromatic N) is 3. The number of anilines is 1. The molecule has 11 nitrogen and oxygen atoms in total. The van der Waals surface area contributed by atoms with Crippen LogP contribution in [0.4, 0.5) is 5.69 Å². The van der Waals surface area contributed by atoms with Crippen LogP contribution in [0.3, 0.4) is 0 Å². The van der Waals surface area contributed by atoms with Crippen molar-refractivity contribution in [3.63, 3.8) is 0 Å². The molecule has 2 aromatic rings. The van der Waals surface area contributed by atoms with Crippen molar-refractivity contribution in [1.82, 2.24) is 9.55 Å². The summed E-state index contributed by atoms with van der Waals surface area (Å²) < 4.78 is 23.2. The molecule has 13 heteroatoms. The van der Waals surface area contributed by atoms with E-state index in [0.717, 1.165) is 12.8 Å². The minimum Gasteiger partial charge on any atom is -0.387 e. The minimum absolute atomic E-state index is 0.0182. The molecule has 3 heterocycles. The molecule has 184 valence electrons. The van der Waals surface area contributed by atoms with Gasteiger partial charge >= 0.3 is 7.60 Å². The van der Waals surface area contributed by atoms with E-state index in [4.69, 9.17) is 30.9 Å². The molecule has 3 fully saturated rings. The summed E-state index contributed by atoms with van der Waals surface area (Å²) in [5, 5.41) is 34.8. The van der Waals surface area contributed by atoms with E-state index >= 15 is 0 Å². The molecule has 0 aromatic carbocycles. The average Bonchev–Trinajstić information content (AvgIpc) is 3.23. The number of hydrogen-bond donors (Lipinski definition) is 5. The van der Waals surface area contributed by atoms with E-state index in [1.165, 1.54) is 23.8 Å². The molecule has 5 rings (SSSR count). The van der Waals surface area contributed by atoms with Gasteiger partial charge in [-0.1, -0.05) is 18.0 Å². The van der Waals surface area contributed by atoms with Crippen LogP contribution >= 0.6 is 19.2 Å². The molecular weight excluding hydrogens is 487 g/mol. The highest BCUT2D eigenvalue weighted by Gasteiger charge is 2.48. The van der Waals surface area contributed by atoms with Crippen molar-refractivity contribution in [2.45, 2.75) is 62.7 Å². The van der Waals surface area contributed by atoms with Crippen LogP contribution in [0.1, 0.15) is 43.9 Å². The first-order chi connectivity index (χ1) is 16.1. The second-order valence-corrected chi connectivity index (χ2v) is 11.5. The number of aliphatic hydroxyl groups is 2. The van der Waals surface area contributed by atoms with E-state index in [9.17, 15) is 20.0 Å². The van der Waals surface area contributed by atoms with Gasteiger partial charge in [-0.15, -0.1) is 0 Å². The van der Waals surface area contributed by atoms with E-state index in [0.29, 0.717) is 22.1 Å². The maximum Gasteiger partial charge on any atom is 0.350 e. The molecule has 2 aliphatic carbocycles. The molecule has 1 saturated heterocycles. The number of ether oxygens (including phenoxy) is 2. The molecule has 5 N–H and O–H groups in total. The Balaban J connectivity index is 1.39. The molecule has 0 radical (unpaired) electrons. The second kappa shape index (κ2) is 8.73. The number of nitrogens with one attached hydrogen (secondary N) is 1. The highest BCUT2D eigenvalue weighted by molar-refractivity contribution is 7.51. The summed E-state index contributed by atoms with van der Waals surface area (Å²) >= 11 is 6.35. The standard InChI is InChI=1S/C21H26ClN4O7P/c22-18-13(8-23)15(24-11-6-21(7-11)3-1-4-21)12-2-5-26(19(12)25-18)20-17(28)16(27)14(33-20)9-32-10-34(29,30)31/h2,5,11,14,16-17,20,27-28H,1,3-4,6-7,9-10H2,(H,24,25)(H2,29,30,31)/t14-,16-,17-,20-/m1/s1. The predicted octanol–water partition coefficient (Wildman–Crippen LogP) is 2.08. The minimum atomic E-state index is -4.37. The molecule has 34 heavy (non-hydrogen) atoms. The maximum atomic E-state index is 11.0.